The Kier molecular flexibility index (Phi) is 3.82. The van der Waals surface area contributed by atoms with Crippen LogP contribution in [0.25, 0.3) is 0 Å². The van der Waals surface area contributed by atoms with Crippen LogP contribution in [-0.4, -0.2) is 43.1 Å². The highest BCUT2D eigenvalue weighted by molar-refractivity contribution is 7.91. The number of nitrogens with zero attached hydrogens (tertiary/aromatic N) is 2. The molecule has 1 N–H and O–H groups in total. The van der Waals surface area contributed by atoms with Crippen molar-refractivity contribution in [2.45, 2.75) is 13.0 Å². The molecule has 0 radical (unpaired) electrons. The second-order valence-corrected chi connectivity index (χ2v) is 6.59. The maximum absolute atomic E-state index is 13.0. The molecule has 0 atom stereocenters. The van der Waals surface area contributed by atoms with E-state index < -0.39 is 15.7 Å². The van der Waals surface area contributed by atoms with Crippen molar-refractivity contribution in [3.63, 3.8) is 0 Å². The molecule has 5 nitrogen and oxygen atoms in total. The first-order valence-corrected chi connectivity index (χ1v) is 7.54. The van der Waals surface area contributed by atoms with Crippen LogP contribution in [0.3, 0.4) is 0 Å². The summed E-state index contributed by atoms with van der Waals surface area (Å²) < 4.78 is 36.0. The minimum atomic E-state index is -2.99. The van der Waals surface area contributed by atoms with Gasteiger partial charge < -0.3 is 10.0 Å². The molecule has 2 rings (SSSR count). The second-order valence-electron chi connectivity index (χ2n) is 4.29. The zero-order valence-corrected chi connectivity index (χ0v) is 10.7. The van der Waals surface area contributed by atoms with E-state index in [2.05, 4.69) is 4.98 Å². The summed E-state index contributed by atoms with van der Waals surface area (Å²) in [5.74, 6) is 0.192. The van der Waals surface area contributed by atoms with E-state index >= 15 is 0 Å². The Morgan fingerprint density at radius 2 is 2.17 bits per heavy atom. The fraction of sp³-hybridized carbons (Fsp3) is 0.545. The number of sulfone groups is 1. The zero-order chi connectivity index (χ0) is 13.2. The number of anilines is 1. The molecule has 0 unspecified atom stereocenters. The van der Waals surface area contributed by atoms with E-state index in [0.717, 1.165) is 6.20 Å². The topological polar surface area (TPSA) is 70.5 Å². The van der Waals surface area contributed by atoms with E-state index in [1.165, 1.54) is 6.07 Å². The van der Waals surface area contributed by atoms with Crippen molar-refractivity contribution in [1.82, 2.24) is 4.98 Å². The molecule has 1 aromatic heterocycles. The van der Waals surface area contributed by atoms with Crippen molar-refractivity contribution >= 4 is 15.7 Å². The summed E-state index contributed by atoms with van der Waals surface area (Å²) >= 11 is 0. The van der Waals surface area contributed by atoms with Gasteiger partial charge in [0.05, 0.1) is 24.3 Å². The van der Waals surface area contributed by atoms with Gasteiger partial charge in [-0.05, 0) is 12.5 Å². The molecule has 1 aromatic rings. The Bertz CT molecular complexity index is 533. The summed E-state index contributed by atoms with van der Waals surface area (Å²) in [6.07, 6.45) is 1.60. The molecule has 1 fully saturated rings. The number of hydrogen-bond acceptors (Lipinski definition) is 5. The predicted octanol–water partition coefficient (Wildman–Crippen LogP) is 0.338. The lowest BCUT2D eigenvalue weighted by Crippen LogP contribution is -2.28. The Hall–Kier alpha value is -1.21. The summed E-state index contributed by atoms with van der Waals surface area (Å²) in [5, 5.41) is 9.19. The maximum atomic E-state index is 13.0. The van der Waals surface area contributed by atoms with Gasteiger partial charge in [0.2, 0.25) is 0 Å². The zero-order valence-electron chi connectivity index (χ0n) is 9.84. The summed E-state index contributed by atoms with van der Waals surface area (Å²) in [4.78, 5) is 5.75. The average molecular weight is 274 g/mol. The average Bonchev–Trinajstić information content (AvgIpc) is 2.50. The highest BCUT2D eigenvalue weighted by Gasteiger charge is 2.21. The Morgan fingerprint density at radius 1 is 1.39 bits per heavy atom. The first-order chi connectivity index (χ1) is 8.52. The van der Waals surface area contributed by atoms with Crippen molar-refractivity contribution in [2.75, 3.05) is 29.5 Å². The summed E-state index contributed by atoms with van der Waals surface area (Å²) in [5.41, 5.74) is 0.384. The van der Waals surface area contributed by atoms with E-state index in [0.29, 0.717) is 30.9 Å². The molecule has 2 heterocycles. The third kappa shape index (κ3) is 2.97. The maximum Gasteiger partial charge on any atom is 0.152 e. The second kappa shape index (κ2) is 5.19. The number of aliphatic hydroxyl groups is 1. The first-order valence-electron chi connectivity index (χ1n) is 5.72. The van der Waals surface area contributed by atoms with Gasteiger partial charge in [-0.2, -0.15) is 0 Å². The number of halogens is 1. The van der Waals surface area contributed by atoms with Crippen LogP contribution >= 0.6 is 0 Å². The van der Waals surface area contributed by atoms with Crippen LogP contribution in [0.1, 0.15) is 12.0 Å². The Balaban J connectivity index is 2.26. The van der Waals surface area contributed by atoms with E-state index in [9.17, 15) is 17.9 Å². The monoisotopic (exact) mass is 274 g/mol. The molecule has 0 aliphatic carbocycles. The molecule has 0 saturated carbocycles. The molecule has 1 saturated heterocycles. The summed E-state index contributed by atoms with van der Waals surface area (Å²) in [6.45, 7) is 0.558. The third-order valence-electron chi connectivity index (χ3n) is 2.93. The minimum Gasteiger partial charge on any atom is -0.392 e. The van der Waals surface area contributed by atoms with Crippen LogP contribution < -0.4 is 4.90 Å². The van der Waals surface area contributed by atoms with Crippen LogP contribution in [-0.2, 0) is 16.4 Å². The molecule has 7 heteroatoms. The Labute approximate surface area is 105 Å². The summed E-state index contributed by atoms with van der Waals surface area (Å²) in [7, 11) is -2.99. The molecular weight excluding hydrogens is 259 g/mol. The van der Waals surface area contributed by atoms with Gasteiger partial charge in [0.25, 0.3) is 0 Å². The van der Waals surface area contributed by atoms with E-state index in [-0.39, 0.29) is 18.1 Å². The number of aromatic nitrogens is 1. The molecule has 100 valence electrons. The number of aliphatic hydroxyl groups excluding tert-OH is 1. The lowest BCUT2D eigenvalue weighted by molar-refractivity contribution is 0.281. The molecule has 18 heavy (non-hydrogen) atoms. The van der Waals surface area contributed by atoms with Gasteiger partial charge in [-0.3, -0.25) is 0 Å². The first kappa shape index (κ1) is 13.2. The molecule has 0 amide bonds. The van der Waals surface area contributed by atoms with Gasteiger partial charge in [0.15, 0.2) is 9.84 Å². The third-order valence-corrected chi connectivity index (χ3v) is 4.65. The van der Waals surface area contributed by atoms with Gasteiger partial charge in [0.1, 0.15) is 11.6 Å². The van der Waals surface area contributed by atoms with Crippen molar-refractivity contribution in [3.8, 4) is 0 Å². The van der Waals surface area contributed by atoms with E-state index in [1.807, 2.05) is 0 Å². The number of pyridine rings is 1. The lowest BCUT2D eigenvalue weighted by Gasteiger charge is -2.22. The summed E-state index contributed by atoms with van der Waals surface area (Å²) in [6, 6.07) is 1.22. The van der Waals surface area contributed by atoms with Gasteiger partial charge >= 0.3 is 0 Å². The molecule has 0 bridgehead atoms. The van der Waals surface area contributed by atoms with Gasteiger partial charge in [-0.1, -0.05) is 0 Å². The lowest BCUT2D eigenvalue weighted by atomic mass is 10.2. The Morgan fingerprint density at radius 3 is 2.89 bits per heavy atom. The van der Waals surface area contributed by atoms with E-state index in [4.69, 9.17) is 0 Å². The van der Waals surface area contributed by atoms with E-state index in [1.54, 1.807) is 4.90 Å². The standard InChI is InChI=1S/C11H15FN2O3S/c12-10-6-9(8-15)11(13-7-10)14-2-1-4-18(16,17)5-3-14/h6-7,15H,1-5,8H2. The largest absolute Gasteiger partial charge is 0.392 e. The van der Waals surface area contributed by atoms with Crippen molar-refractivity contribution in [1.29, 1.82) is 0 Å². The molecule has 0 aromatic carbocycles. The fourth-order valence-corrected chi connectivity index (χ4v) is 3.30. The van der Waals surface area contributed by atoms with Crippen LogP contribution in [0.5, 0.6) is 0 Å². The van der Waals surface area contributed by atoms with Crippen molar-refractivity contribution < 1.29 is 17.9 Å². The predicted molar refractivity (Wildman–Crippen MR) is 65.6 cm³/mol. The van der Waals surface area contributed by atoms with Crippen LogP contribution in [0.15, 0.2) is 12.3 Å². The number of rotatable bonds is 2. The van der Waals surface area contributed by atoms with Gasteiger partial charge in [-0.25, -0.2) is 17.8 Å². The minimum absolute atomic E-state index is 0.0664. The molecule has 1 aliphatic rings. The normalized spacial score (nSPS) is 19.6. The highest BCUT2D eigenvalue weighted by atomic mass is 32.2. The molecular formula is C11H15FN2O3S. The van der Waals surface area contributed by atoms with Crippen molar-refractivity contribution in [3.05, 3.63) is 23.6 Å². The molecule has 0 spiro atoms. The molecule has 1 aliphatic heterocycles. The van der Waals surface area contributed by atoms with Crippen LogP contribution in [0, 0.1) is 5.82 Å². The highest BCUT2D eigenvalue weighted by Crippen LogP contribution is 2.20. The van der Waals surface area contributed by atoms with Crippen molar-refractivity contribution in [2.24, 2.45) is 0 Å². The quantitative estimate of drug-likeness (QED) is 0.842. The van der Waals surface area contributed by atoms with Crippen LogP contribution in [0.2, 0.25) is 0 Å². The smallest absolute Gasteiger partial charge is 0.152 e. The SMILES string of the molecule is O=S1(=O)CCCN(c2ncc(F)cc2CO)CC1. The van der Waals surface area contributed by atoms with Gasteiger partial charge in [-0.15, -0.1) is 0 Å². The van der Waals surface area contributed by atoms with Crippen LogP contribution in [0.4, 0.5) is 10.2 Å². The number of hydrogen-bond donors (Lipinski definition) is 1. The fourth-order valence-electron chi connectivity index (χ4n) is 2.03. The van der Waals surface area contributed by atoms with Gasteiger partial charge in [0, 0.05) is 18.7 Å².